The smallest absolute Gasteiger partial charge is 0.226 e. The van der Waals surface area contributed by atoms with Crippen LogP contribution < -0.4 is 0 Å². The maximum atomic E-state index is 13.5. The van der Waals surface area contributed by atoms with Crippen LogP contribution in [0.15, 0.2) is 61.1 Å². The lowest BCUT2D eigenvalue weighted by molar-refractivity contribution is -0.138. The lowest BCUT2D eigenvalue weighted by atomic mass is 9.94. The summed E-state index contributed by atoms with van der Waals surface area (Å²) in [5, 5.41) is 0.662. The van der Waals surface area contributed by atoms with E-state index in [4.69, 9.17) is 16.6 Å². The van der Waals surface area contributed by atoms with Gasteiger partial charge in [0.05, 0.1) is 11.7 Å². The van der Waals surface area contributed by atoms with E-state index in [0.29, 0.717) is 10.8 Å². The van der Waals surface area contributed by atoms with Gasteiger partial charge in [0.2, 0.25) is 5.91 Å². The second-order valence-corrected chi connectivity index (χ2v) is 9.35. The third-order valence-corrected chi connectivity index (χ3v) is 6.96. The van der Waals surface area contributed by atoms with Gasteiger partial charge in [0.25, 0.3) is 0 Å². The quantitative estimate of drug-likeness (QED) is 0.547. The molecule has 33 heavy (non-hydrogen) atoms. The van der Waals surface area contributed by atoms with Crippen molar-refractivity contribution in [1.29, 1.82) is 0 Å². The first-order valence-corrected chi connectivity index (χ1v) is 12.1. The van der Waals surface area contributed by atoms with Crippen LogP contribution in [0.4, 0.5) is 0 Å². The minimum Gasteiger partial charge on any atom is -0.334 e. The highest BCUT2D eigenvalue weighted by atomic mass is 35.5. The number of hydrogen-bond acceptors (Lipinski definition) is 5. The van der Waals surface area contributed by atoms with Crippen LogP contribution in [0.2, 0.25) is 5.02 Å². The van der Waals surface area contributed by atoms with E-state index in [0.717, 1.165) is 63.1 Å². The van der Waals surface area contributed by atoms with Gasteiger partial charge in [-0.3, -0.25) is 14.7 Å². The molecule has 1 atom stereocenters. The molecule has 1 amide bonds. The number of piperidine rings is 1. The molecule has 2 saturated heterocycles. The number of nitrogens with zero attached hydrogens (tertiary/aromatic N) is 5. The highest BCUT2D eigenvalue weighted by Gasteiger charge is 2.36. The van der Waals surface area contributed by atoms with Crippen LogP contribution in [0.25, 0.3) is 11.4 Å². The molecule has 4 heterocycles. The van der Waals surface area contributed by atoms with Gasteiger partial charge in [-0.2, -0.15) is 0 Å². The van der Waals surface area contributed by atoms with E-state index in [9.17, 15) is 4.79 Å². The molecular weight excluding hydrogens is 434 g/mol. The van der Waals surface area contributed by atoms with E-state index < -0.39 is 0 Å². The van der Waals surface area contributed by atoms with Gasteiger partial charge in [-0.05, 0) is 74.7 Å². The number of hydrogen-bond donors (Lipinski definition) is 0. The summed E-state index contributed by atoms with van der Waals surface area (Å²) in [5.74, 6) is 1.02. The summed E-state index contributed by atoms with van der Waals surface area (Å²) in [6, 6.07) is 13.7. The van der Waals surface area contributed by atoms with Crippen LogP contribution >= 0.6 is 11.6 Å². The zero-order valence-electron chi connectivity index (χ0n) is 18.6. The summed E-state index contributed by atoms with van der Waals surface area (Å²) in [6.45, 7) is 3.62. The van der Waals surface area contributed by atoms with Crippen LogP contribution in [0, 0.1) is 5.92 Å². The Labute approximate surface area is 199 Å². The highest BCUT2D eigenvalue weighted by molar-refractivity contribution is 6.30. The van der Waals surface area contributed by atoms with Crippen molar-refractivity contribution in [2.24, 2.45) is 5.92 Å². The average molecular weight is 462 g/mol. The van der Waals surface area contributed by atoms with Crippen molar-refractivity contribution in [3.8, 4) is 11.4 Å². The topological polar surface area (TPSA) is 62.2 Å². The molecule has 3 aromatic rings. The van der Waals surface area contributed by atoms with Gasteiger partial charge in [0.1, 0.15) is 0 Å². The van der Waals surface area contributed by atoms with E-state index in [2.05, 4.69) is 31.9 Å². The van der Waals surface area contributed by atoms with Crippen molar-refractivity contribution in [1.82, 2.24) is 24.8 Å². The van der Waals surface area contributed by atoms with Crippen molar-refractivity contribution in [3.05, 3.63) is 77.3 Å². The first kappa shape index (κ1) is 22.0. The summed E-state index contributed by atoms with van der Waals surface area (Å²) >= 11 is 6.15. The molecule has 1 aromatic carbocycles. The van der Waals surface area contributed by atoms with Gasteiger partial charge in [-0.1, -0.05) is 23.7 Å². The number of likely N-dealkylation sites (tertiary alicyclic amines) is 2. The van der Waals surface area contributed by atoms with Gasteiger partial charge in [0, 0.05) is 48.2 Å². The molecule has 170 valence electrons. The molecule has 0 radical (unpaired) electrons. The molecule has 0 saturated carbocycles. The minimum absolute atomic E-state index is 0.0216. The van der Waals surface area contributed by atoms with Gasteiger partial charge < -0.3 is 4.90 Å². The van der Waals surface area contributed by atoms with Crippen LogP contribution in [-0.4, -0.2) is 50.3 Å². The second kappa shape index (κ2) is 9.98. The van der Waals surface area contributed by atoms with Crippen molar-refractivity contribution in [2.75, 3.05) is 19.6 Å². The molecule has 7 heteroatoms. The number of rotatable bonds is 5. The van der Waals surface area contributed by atoms with E-state index in [1.807, 2.05) is 42.7 Å². The van der Waals surface area contributed by atoms with Crippen molar-refractivity contribution in [3.63, 3.8) is 0 Å². The largest absolute Gasteiger partial charge is 0.334 e. The number of amides is 1. The lowest BCUT2D eigenvalue weighted by Crippen LogP contribution is -2.42. The predicted molar refractivity (Wildman–Crippen MR) is 128 cm³/mol. The Kier molecular flexibility index (Phi) is 6.65. The minimum atomic E-state index is 0.0216. The highest BCUT2D eigenvalue weighted by Crippen LogP contribution is 2.34. The Balaban J connectivity index is 1.25. The number of halogens is 1. The van der Waals surface area contributed by atoms with E-state index in [1.165, 1.54) is 5.56 Å². The molecule has 6 nitrogen and oxygen atoms in total. The zero-order valence-corrected chi connectivity index (χ0v) is 19.4. The standard InChI is InChI=1S/C26H28ClN5O/c27-22-4-1-3-21(17-22)25-29-13-8-23(30-25)24-5-2-14-32(24)26(33)20-9-15-31(16-10-20)18-19-6-11-28-12-7-19/h1,3-4,6-8,11-13,17,20,24H,2,5,9-10,14-16,18H2. The van der Waals surface area contributed by atoms with Gasteiger partial charge in [-0.15, -0.1) is 0 Å². The first-order chi connectivity index (χ1) is 16.2. The first-order valence-electron chi connectivity index (χ1n) is 11.7. The normalized spacial score (nSPS) is 19.7. The predicted octanol–water partition coefficient (Wildman–Crippen LogP) is 4.77. The SMILES string of the molecule is O=C(C1CCN(Cc2ccncc2)CC1)N1CCCC1c1ccnc(-c2cccc(Cl)c2)n1. The van der Waals surface area contributed by atoms with Gasteiger partial charge in [-0.25, -0.2) is 9.97 Å². The molecule has 2 aromatic heterocycles. The monoisotopic (exact) mass is 461 g/mol. The van der Waals surface area contributed by atoms with Crippen LogP contribution in [0.1, 0.15) is 43.0 Å². The van der Waals surface area contributed by atoms with Crippen LogP contribution in [-0.2, 0) is 11.3 Å². The molecule has 2 fully saturated rings. The van der Waals surface area contributed by atoms with Crippen LogP contribution in [0.3, 0.4) is 0 Å². The van der Waals surface area contributed by atoms with Crippen molar-refractivity contribution >= 4 is 17.5 Å². The summed E-state index contributed by atoms with van der Waals surface area (Å²) < 4.78 is 0. The summed E-state index contributed by atoms with van der Waals surface area (Å²) in [7, 11) is 0. The molecule has 0 aliphatic carbocycles. The Morgan fingerprint density at radius 2 is 1.82 bits per heavy atom. The molecular formula is C26H28ClN5O. The van der Waals surface area contributed by atoms with E-state index >= 15 is 0 Å². The fourth-order valence-electron chi connectivity index (χ4n) is 4.98. The third-order valence-electron chi connectivity index (χ3n) is 6.73. The molecule has 2 aliphatic rings. The number of pyridine rings is 1. The number of carbonyl (C=O) groups is 1. The number of aromatic nitrogens is 3. The number of benzene rings is 1. The van der Waals surface area contributed by atoms with Crippen molar-refractivity contribution in [2.45, 2.75) is 38.3 Å². The summed E-state index contributed by atoms with van der Waals surface area (Å²) in [6.07, 6.45) is 9.23. The van der Waals surface area contributed by atoms with E-state index in [1.54, 1.807) is 6.20 Å². The molecule has 1 unspecified atom stereocenters. The lowest BCUT2D eigenvalue weighted by Gasteiger charge is -2.34. The second-order valence-electron chi connectivity index (χ2n) is 8.91. The Morgan fingerprint density at radius 1 is 1.00 bits per heavy atom. The van der Waals surface area contributed by atoms with Crippen LogP contribution in [0.5, 0.6) is 0 Å². The number of carbonyl (C=O) groups excluding carboxylic acids is 1. The maximum Gasteiger partial charge on any atom is 0.226 e. The summed E-state index contributed by atoms with van der Waals surface area (Å²) in [4.78, 5) is 31.3. The Hall–Kier alpha value is -2.83. The molecule has 0 N–H and O–H groups in total. The molecule has 5 rings (SSSR count). The molecule has 0 spiro atoms. The average Bonchev–Trinajstić information content (AvgIpc) is 3.35. The van der Waals surface area contributed by atoms with E-state index in [-0.39, 0.29) is 17.9 Å². The molecule has 0 bridgehead atoms. The maximum absolute atomic E-state index is 13.5. The fourth-order valence-corrected chi connectivity index (χ4v) is 5.17. The summed E-state index contributed by atoms with van der Waals surface area (Å²) in [5.41, 5.74) is 3.08. The molecule has 2 aliphatic heterocycles. The van der Waals surface area contributed by atoms with Gasteiger partial charge >= 0.3 is 0 Å². The zero-order chi connectivity index (χ0) is 22.6. The van der Waals surface area contributed by atoms with Gasteiger partial charge in [0.15, 0.2) is 5.82 Å². The van der Waals surface area contributed by atoms with Crippen molar-refractivity contribution < 1.29 is 4.79 Å². The third kappa shape index (κ3) is 5.07. The fraction of sp³-hybridized carbons (Fsp3) is 0.385. The Morgan fingerprint density at radius 3 is 2.61 bits per heavy atom. The Bertz CT molecular complexity index is 1100.